The van der Waals surface area contributed by atoms with Gasteiger partial charge in [-0.1, -0.05) is 0 Å². The quantitative estimate of drug-likeness (QED) is 0.770. The minimum atomic E-state index is -3.45. The number of anilines is 1. The predicted octanol–water partition coefficient (Wildman–Crippen LogP) is 1.57. The second kappa shape index (κ2) is 2.55. The first-order valence-electron chi connectivity index (χ1n) is 4.43. The highest BCUT2D eigenvalue weighted by Gasteiger charge is 2.52. The van der Waals surface area contributed by atoms with Gasteiger partial charge in [0, 0.05) is 6.04 Å². The summed E-state index contributed by atoms with van der Waals surface area (Å²) in [7, 11) is -3.45. The molecule has 0 radical (unpaired) electrons. The van der Waals surface area contributed by atoms with Gasteiger partial charge in [0.15, 0.2) is 0 Å². The van der Waals surface area contributed by atoms with Gasteiger partial charge in [-0.15, -0.1) is 0 Å². The van der Waals surface area contributed by atoms with Crippen molar-refractivity contribution in [3.63, 3.8) is 0 Å². The number of phosphoric ester groups is 1. The molecular weight excluding hydrogens is 221 g/mol. The highest BCUT2D eigenvalue weighted by molar-refractivity contribution is 7.50. The molecule has 2 bridgehead atoms. The average Bonchev–Trinajstić information content (AvgIpc) is 2.53. The zero-order valence-corrected chi connectivity index (χ0v) is 8.95. The highest BCUT2D eigenvalue weighted by Crippen LogP contribution is 2.67. The van der Waals surface area contributed by atoms with Crippen molar-refractivity contribution in [3.8, 4) is 17.5 Å². The molecular formula is C7H8N3O4P. The fraction of sp³-hybridized carbons (Fsp3) is 0.429. The van der Waals surface area contributed by atoms with Gasteiger partial charge in [0.25, 0.3) is 17.5 Å². The van der Waals surface area contributed by atoms with Crippen LogP contribution in [-0.2, 0) is 4.57 Å². The molecule has 3 heterocycles. The molecule has 15 heavy (non-hydrogen) atoms. The maximum absolute atomic E-state index is 11.5. The normalized spacial score (nSPS) is 18.3. The highest BCUT2D eigenvalue weighted by atomic mass is 31.2. The van der Waals surface area contributed by atoms with Crippen LogP contribution in [0.1, 0.15) is 13.8 Å². The van der Waals surface area contributed by atoms with Crippen LogP contribution in [0.3, 0.4) is 0 Å². The lowest BCUT2D eigenvalue weighted by Crippen LogP contribution is -2.13. The van der Waals surface area contributed by atoms with E-state index in [0.717, 1.165) is 0 Å². The lowest BCUT2D eigenvalue weighted by atomic mass is 10.4. The van der Waals surface area contributed by atoms with Gasteiger partial charge in [0.05, 0.1) is 0 Å². The molecule has 0 aromatic carbocycles. The Bertz CT molecular complexity index is 458. The van der Waals surface area contributed by atoms with Gasteiger partial charge in [-0.2, -0.15) is 14.5 Å². The van der Waals surface area contributed by atoms with E-state index >= 15 is 0 Å². The third-order valence-electron chi connectivity index (χ3n) is 1.82. The van der Waals surface area contributed by atoms with Crippen LogP contribution in [0.15, 0.2) is 0 Å². The SMILES string of the molecule is CC(C)Nc1nc2c3c(n1)OP(=O)(O2)O3. The van der Waals surface area contributed by atoms with E-state index in [2.05, 4.69) is 15.3 Å². The average molecular weight is 229 g/mol. The molecule has 0 spiro atoms. The van der Waals surface area contributed by atoms with Crippen molar-refractivity contribution in [2.75, 3.05) is 5.32 Å². The maximum Gasteiger partial charge on any atom is 0.650 e. The number of hydrogen-bond acceptors (Lipinski definition) is 7. The zero-order chi connectivity index (χ0) is 10.6. The summed E-state index contributed by atoms with van der Waals surface area (Å²) in [5, 5.41) is 2.98. The molecule has 0 fully saturated rings. The third-order valence-corrected chi connectivity index (χ3v) is 3.02. The second-order valence-electron chi connectivity index (χ2n) is 3.51. The van der Waals surface area contributed by atoms with Crippen LogP contribution >= 0.6 is 7.82 Å². The molecule has 7 nitrogen and oxygen atoms in total. The predicted molar refractivity (Wildman–Crippen MR) is 50.3 cm³/mol. The van der Waals surface area contributed by atoms with Gasteiger partial charge in [-0.3, -0.25) is 0 Å². The van der Waals surface area contributed by atoms with Crippen molar-refractivity contribution in [1.82, 2.24) is 9.97 Å². The molecule has 1 aromatic rings. The van der Waals surface area contributed by atoms with E-state index in [-0.39, 0.29) is 23.6 Å². The lowest BCUT2D eigenvalue weighted by Gasteiger charge is -2.11. The van der Waals surface area contributed by atoms with Crippen LogP contribution in [0.2, 0.25) is 0 Å². The van der Waals surface area contributed by atoms with E-state index in [9.17, 15) is 4.57 Å². The minimum Gasteiger partial charge on any atom is -0.374 e. The third kappa shape index (κ3) is 1.23. The lowest BCUT2D eigenvalue weighted by molar-refractivity contribution is 0.345. The molecule has 0 amide bonds. The van der Waals surface area contributed by atoms with Crippen molar-refractivity contribution in [1.29, 1.82) is 0 Å². The molecule has 1 aromatic heterocycles. The fourth-order valence-electron chi connectivity index (χ4n) is 1.31. The van der Waals surface area contributed by atoms with Gasteiger partial charge >= 0.3 is 7.82 Å². The number of phosphoric acid groups is 1. The second-order valence-corrected chi connectivity index (χ2v) is 4.95. The van der Waals surface area contributed by atoms with Crippen LogP contribution in [0.4, 0.5) is 5.95 Å². The molecule has 0 saturated heterocycles. The van der Waals surface area contributed by atoms with E-state index in [1.165, 1.54) is 0 Å². The number of nitrogens with zero attached hydrogens (tertiary/aromatic N) is 2. The first kappa shape index (κ1) is 8.79. The Labute approximate surface area is 85.4 Å². The summed E-state index contributed by atoms with van der Waals surface area (Å²) >= 11 is 0. The number of fused-ring (bicyclic) bond motifs is 1. The van der Waals surface area contributed by atoms with Crippen molar-refractivity contribution < 1.29 is 18.1 Å². The van der Waals surface area contributed by atoms with Crippen LogP contribution < -0.4 is 18.9 Å². The smallest absolute Gasteiger partial charge is 0.374 e. The molecule has 80 valence electrons. The van der Waals surface area contributed by atoms with Crippen LogP contribution in [0.25, 0.3) is 0 Å². The Kier molecular flexibility index (Phi) is 1.49. The largest absolute Gasteiger partial charge is 0.650 e. The van der Waals surface area contributed by atoms with E-state index in [1.54, 1.807) is 0 Å². The van der Waals surface area contributed by atoms with Crippen molar-refractivity contribution in [3.05, 3.63) is 0 Å². The molecule has 1 N–H and O–H groups in total. The molecule has 0 atom stereocenters. The van der Waals surface area contributed by atoms with Crippen molar-refractivity contribution >= 4 is 13.8 Å². The maximum atomic E-state index is 11.5. The van der Waals surface area contributed by atoms with E-state index in [0.29, 0.717) is 5.95 Å². The number of aromatic nitrogens is 2. The van der Waals surface area contributed by atoms with Crippen molar-refractivity contribution in [2.24, 2.45) is 0 Å². The zero-order valence-electron chi connectivity index (χ0n) is 8.05. The topological polar surface area (TPSA) is 82.6 Å². The molecule has 2 aliphatic heterocycles. The Morgan fingerprint density at radius 1 is 1.20 bits per heavy atom. The molecule has 8 heteroatoms. The summed E-state index contributed by atoms with van der Waals surface area (Å²) in [6, 6.07) is 0.185. The molecule has 3 rings (SSSR count). The van der Waals surface area contributed by atoms with E-state index < -0.39 is 7.82 Å². The summed E-state index contributed by atoms with van der Waals surface area (Å²) in [6.45, 7) is 3.90. The summed E-state index contributed by atoms with van der Waals surface area (Å²) in [5.74, 6) is 0.957. The summed E-state index contributed by atoms with van der Waals surface area (Å²) < 4.78 is 26.2. The Hall–Kier alpha value is -1.49. The first-order chi connectivity index (χ1) is 7.06. The van der Waals surface area contributed by atoms with Crippen LogP contribution in [-0.4, -0.2) is 16.0 Å². The van der Waals surface area contributed by atoms with Crippen LogP contribution in [0.5, 0.6) is 17.5 Å². The number of nitrogens with one attached hydrogen (secondary N) is 1. The molecule has 0 saturated carbocycles. The standard InChI is InChI=1S/C7H8N3O4P/c1-3(2)8-7-9-5-4-6(10-7)14-15(11,12-4)13-5/h3H,1-2H3,(H,8,9,10). The van der Waals surface area contributed by atoms with Gasteiger partial charge in [-0.05, 0) is 13.8 Å². The summed E-state index contributed by atoms with van der Waals surface area (Å²) in [4.78, 5) is 8.02. The van der Waals surface area contributed by atoms with E-state index in [4.69, 9.17) is 13.6 Å². The monoisotopic (exact) mass is 229 g/mol. The van der Waals surface area contributed by atoms with Crippen LogP contribution in [0, 0.1) is 0 Å². The Morgan fingerprint density at radius 3 is 2.27 bits per heavy atom. The summed E-state index contributed by atoms with van der Waals surface area (Å²) in [6.07, 6.45) is 0. The molecule has 0 aliphatic carbocycles. The van der Waals surface area contributed by atoms with E-state index in [1.807, 2.05) is 13.8 Å². The number of hydrogen-bond donors (Lipinski definition) is 1. The Balaban J connectivity index is 2.03. The Morgan fingerprint density at radius 2 is 1.80 bits per heavy atom. The fourth-order valence-corrected chi connectivity index (χ4v) is 2.48. The molecule has 2 aliphatic rings. The van der Waals surface area contributed by atoms with Gasteiger partial charge < -0.3 is 18.9 Å². The van der Waals surface area contributed by atoms with Gasteiger partial charge in [0.1, 0.15) is 0 Å². The minimum absolute atomic E-state index is 0.178. The number of rotatable bonds is 2. The van der Waals surface area contributed by atoms with Gasteiger partial charge in [-0.25, -0.2) is 0 Å². The van der Waals surface area contributed by atoms with Crippen molar-refractivity contribution in [2.45, 2.75) is 19.9 Å². The summed E-state index contributed by atoms with van der Waals surface area (Å²) in [5.41, 5.74) is 0. The first-order valence-corrected chi connectivity index (χ1v) is 5.89. The van der Waals surface area contributed by atoms with Gasteiger partial charge in [0.2, 0.25) is 5.95 Å². The molecule has 0 unspecified atom stereocenters.